The highest BCUT2D eigenvalue weighted by Gasteiger charge is 2.25. The van der Waals surface area contributed by atoms with Crippen molar-refractivity contribution in [2.45, 2.75) is 26.3 Å². The third-order valence-corrected chi connectivity index (χ3v) is 2.96. The molecule has 0 radical (unpaired) electrons. The highest BCUT2D eigenvalue weighted by atomic mass is 16.5. The minimum atomic E-state index is -0.959. The van der Waals surface area contributed by atoms with Crippen LogP contribution in [0.4, 0.5) is 5.69 Å². The van der Waals surface area contributed by atoms with Crippen LogP contribution in [0.5, 0.6) is 5.75 Å². The molecule has 0 aliphatic carbocycles. The molecule has 0 spiro atoms. The molecule has 6 nitrogen and oxygen atoms in total. The number of anilines is 1. The summed E-state index contributed by atoms with van der Waals surface area (Å²) < 4.78 is 5.08. The maximum absolute atomic E-state index is 12.1. The number of hydrogen-bond acceptors (Lipinski definition) is 4. The lowest BCUT2D eigenvalue weighted by atomic mass is 10.1. The molecule has 2 N–H and O–H groups in total. The number of rotatable bonds is 6. The van der Waals surface area contributed by atoms with E-state index in [1.165, 1.54) is 0 Å². The SMILES string of the molecule is COc1cccc(NC(=O)CN(CC(=O)O)C(C)(C)C)c1. The third kappa shape index (κ3) is 5.83. The normalized spacial score (nSPS) is 11.3. The molecule has 1 rings (SSSR count). The maximum atomic E-state index is 12.1. The molecule has 0 fully saturated rings. The van der Waals surface area contributed by atoms with Gasteiger partial charge in [0.2, 0.25) is 5.91 Å². The van der Waals surface area contributed by atoms with Crippen molar-refractivity contribution in [3.8, 4) is 5.75 Å². The van der Waals surface area contributed by atoms with Crippen LogP contribution in [-0.2, 0) is 9.59 Å². The summed E-state index contributed by atoms with van der Waals surface area (Å²) in [5, 5.41) is 11.7. The minimum Gasteiger partial charge on any atom is -0.497 e. The van der Waals surface area contributed by atoms with Gasteiger partial charge in [-0.1, -0.05) is 6.07 Å². The van der Waals surface area contributed by atoms with Crippen molar-refractivity contribution in [1.82, 2.24) is 4.90 Å². The summed E-state index contributed by atoms with van der Waals surface area (Å²) in [5.74, 6) is -0.579. The number of carbonyl (C=O) groups is 2. The molecule has 0 aromatic heterocycles. The van der Waals surface area contributed by atoms with Crippen LogP contribution in [0, 0.1) is 0 Å². The Bertz CT molecular complexity index is 509. The molecule has 0 unspecified atom stereocenters. The fraction of sp³-hybridized carbons (Fsp3) is 0.467. The smallest absolute Gasteiger partial charge is 0.317 e. The van der Waals surface area contributed by atoms with Gasteiger partial charge in [-0.3, -0.25) is 14.5 Å². The van der Waals surface area contributed by atoms with Crippen molar-refractivity contribution in [2.75, 3.05) is 25.5 Å². The zero-order chi connectivity index (χ0) is 16.0. The topological polar surface area (TPSA) is 78.9 Å². The molecule has 1 aromatic carbocycles. The Balaban J connectivity index is 2.71. The first-order chi connectivity index (χ1) is 9.72. The molecule has 6 heteroatoms. The number of hydrogen-bond donors (Lipinski definition) is 2. The van der Waals surface area contributed by atoms with E-state index < -0.39 is 11.5 Å². The van der Waals surface area contributed by atoms with Gasteiger partial charge in [0, 0.05) is 17.3 Å². The molecule has 21 heavy (non-hydrogen) atoms. The van der Waals surface area contributed by atoms with Crippen molar-refractivity contribution in [2.24, 2.45) is 0 Å². The molecule has 0 saturated heterocycles. The van der Waals surface area contributed by atoms with Crippen LogP contribution in [0.2, 0.25) is 0 Å². The summed E-state index contributed by atoms with van der Waals surface area (Å²) in [6.07, 6.45) is 0. The lowest BCUT2D eigenvalue weighted by molar-refractivity contribution is -0.140. The van der Waals surface area contributed by atoms with Crippen molar-refractivity contribution < 1.29 is 19.4 Å². The summed E-state index contributed by atoms with van der Waals surface area (Å²) in [6.45, 7) is 5.43. The van der Waals surface area contributed by atoms with Crippen LogP contribution in [0.1, 0.15) is 20.8 Å². The molecule has 116 valence electrons. The number of aliphatic carboxylic acids is 1. The number of methoxy groups -OCH3 is 1. The standard InChI is InChI=1S/C15H22N2O4/c1-15(2,3)17(10-14(19)20)9-13(18)16-11-6-5-7-12(8-11)21-4/h5-8H,9-10H2,1-4H3,(H,16,18)(H,19,20). The van der Waals surface area contributed by atoms with Crippen LogP contribution < -0.4 is 10.1 Å². The lowest BCUT2D eigenvalue weighted by Crippen LogP contribution is -2.48. The van der Waals surface area contributed by atoms with Crippen molar-refractivity contribution in [1.29, 1.82) is 0 Å². The van der Waals surface area contributed by atoms with E-state index >= 15 is 0 Å². The second-order valence-electron chi connectivity index (χ2n) is 5.70. The molecule has 1 amide bonds. The van der Waals surface area contributed by atoms with E-state index in [1.807, 2.05) is 20.8 Å². The number of carboxylic acids is 1. The zero-order valence-electron chi connectivity index (χ0n) is 12.8. The Morgan fingerprint density at radius 2 is 1.95 bits per heavy atom. The number of nitrogens with zero attached hydrogens (tertiary/aromatic N) is 1. The minimum absolute atomic E-state index is 0.00695. The maximum Gasteiger partial charge on any atom is 0.317 e. The zero-order valence-corrected chi connectivity index (χ0v) is 12.8. The number of carbonyl (C=O) groups excluding carboxylic acids is 1. The second-order valence-corrected chi connectivity index (χ2v) is 5.70. The summed E-state index contributed by atoms with van der Waals surface area (Å²) >= 11 is 0. The Kier molecular flexibility index (Phi) is 5.72. The van der Waals surface area contributed by atoms with Gasteiger partial charge in [0.15, 0.2) is 0 Å². The third-order valence-electron chi connectivity index (χ3n) is 2.96. The summed E-state index contributed by atoms with van der Waals surface area (Å²) in [7, 11) is 1.55. The number of nitrogens with one attached hydrogen (secondary N) is 1. The average molecular weight is 294 g/mol. The van der Waals surface area contributed by atoms with E-state index in [2.05, 4.69) is 5.32 Å². The average Bonchev–Trinajstić information content (AvgIpc) is 2.36. The fourth-order valence-electron chi connectivity index (χ4n) is 1.77. The van der Waals surface area contributed by atoms with E-state index in [4.69, 9.17) is 9.84 Å². The van der Waals surface area contributed by atoms with Crippen LogP contribution in [-0.4, -0.2) is 47.6 Å². The Morgan fingerprint density at radius 3 is 2.48 bits per heavy atom. The number of carboxylic acid groups (broad SMARTS) is 1. The van der Waals surface area contributed by atoms with Gasteiger partial charge in [-0.2, -0.15) is 0 Å². The van der Waals surface area contributed by atoms with Gasteiger partial charge >= 0.3 is 5.97 Å². The summed E-state index contributed by atoms with van der Waals surface area (Å²) in [4.78, 5) is 24.6. The van der Waals surface area contributed by atoms with Crippen molar-refractivity contribution >= 4 is 17.6 Å². The number of amides is 1. The second kappa shape index (κ2) is 7.08. The van der Waals surface area contributed by atoms with Crippen molar-refractivity contribution in [3.05, 3.63) is 24.3 Å². The first-order valence-corrected chi connectivity index (χ1v) is 6.63. The van der Waals surface area contributed by atoms with E-state index in [0.717, 1.165) is 0 Å². The van der Waals surface area contributed by atoms with Crippen LogP contribution >= 0.6 is 0 Å². The molecule has 0 aliphatic heterocycles. The molecule has 0 atom stereocenters. The van der Waals surface area contributed by atoms with E-state index in [1.54, 1.807) is 36.3 Å². The first kappa shape index (κ1) is 17.0. The van der Waals surface area contributed by atoms with Gasteiger partial charge in [0.1, 0.15) is 5.75 Å². The van der Waals surface area contributed by atoms with Gasteiger partial charge in [-0.15, -0.1) is 0 Å². The highest BCUT2D eigenvalue weighted by Crippen LogP contribution is 2.17. The molecule has 0 heterocycles. The quantitative estimate of drug-likeness (QED) is 0.836. The molecule has 0 aliphatic rings. The van der Waals surface area contributed by atoms with E-state index in [9.17, 15) is 9.59 Å². The van der Waals surface area contributed by atoms with E-state index in [-0.39, 0.29) is 19.0 Å². The number of ether oxygens (including phenoxy) is 1. The van der Waals surface area contributed by atoms with E-state index in [0.29, 0.717) is 11.4 Å². The monoisotopic (exact) mass is 294 g/mol. The number of benzene rings is 1. The molecule has 0 saturated carbocycles. The summed E-state index contributed by atoms with van der Waals surface area (Å²) in [6, 6.07) is 7.00. The fourth-order valence-corrected chi connectivity index (χ4v) is 1.77. The largest absolute Gasteiger partial charge is 0.497 e. The Labute approximate surface area is 124 Å². The molecular formula is C15H22N2O4. The Hall–Kier alpha value is -2.08. The van der Waals surface area contributed by atoms with Crippen LogP contribution in [0.3, 0.4) is 0 Å². The van der Waals surface area contributed by atoms with Gasteiger partial charge in [-0.25, -0.2) is 0 Å². The lowest BCUT2D eigenvalue weighted by Gasteiger charge is -2.33. The van der Waals surface area contributed by atoms with Gasteiger partial charge < -0.3 is 15.2 Å². The Morgan fingerprint density at radius 1 is 1.29 bits per heavy atom. The van der Waals surface area contributed by atoms with Gasteiger partial charge in [0.25, 0.3) is 0 Å². The van der Waals surface area contributed by atoms with Gasteiger partial charge in [0.05, 0.1) is 20.2 Å². The molecule has 0 bridgehead atoms. The van der Waals surface area contributed by atoms with Crippen LogP contribution in [0.15, 0.2) is 24.3 Å². The van der Waals surface area contributed by atoms with Gasteiger partial charge in [-0.05, 0) is 32.9 Å². The molecular weight excluding hydrogens is 272 g/mol. The van der Waals surface area contributed by atoms with Crippen molar-refractivity contribution in [3.63, 3.8) is 0 Å². The van der Waals surface area contributed by atoms with Crippen LogP contribution in [0.25, 0.3) is 0 Å². The predicted octanol–water partition coefficient (Wildman–Crippen LogP) is 1.82. The highest BCUT2D eigenvalue weighted by molar-refractivity contribution is 5.92. The summed E-state index contributed by atoms with van der Waals surface area (Å²) in [5.41, 5.74) is 0.202. The predicted molar refractivity (Wildman–Crippen MR) is 80.6 cm³/mol. The first-order valence-electron chi connectivity index (χ1n) is 6.63. The molecule has 1 aromatic rings.